The minimum absolute atomic E-state index is 0.0497. The molecule has 0 saturated carbocycles. The number of hydrogen-bond acceptors (Lipinski definition) is 7. The van der Waals surface area contributed by atoms with E-state index in [1.807, 2.05) is 6.07 Å². The van der Waals surface area contributed by atoms with Crippen molar-refractivity contribution in [2.75, 3.05) is 24.7 Å². The number of ether oxygens (including phenoxy) is 1. The van der Waals surface area contributed by atoms with Gasteiger partial charge in [-0.15, -0.1) is 6.42 Å². The van der Waals surface area contributed by atoms with Crippen molar-refractivity contribution in [2.24, 2.45) is 0 Å². The summed E-state index contributed by atoms with van der Waals surface area (Å²) in [5, 5.41) is 14.0. The van der Waals surface area contributed by atoms with Gasteiger partial charge in [0.25, 0.3) is 5.91 Å². The molecule has 1 aromatic carbocycles. The number of benzene rings is 1. The van der Waals surface area contributed by atoms with Gasteiger partial charge in [-0.1, -0.05) is 12.0 Å². The number of anilines is 1. The lowest BCUT2D eigenvalue weighted by Crippen LogP contribution is -2.63. The van der Waals surface area contributed by atoms with Gasteiger partial charge in [-0.3, -0.25) is 10.2 Å². The average Bonchev–Trinajstić information content (AvgIpc) is 2.77. The van der Waals surface area contributed by atoms with Crippen LogP contribution in [0.4, 0.5) is 5.69 Å². The number of fused-ring (bicyclic) bond motifs is 2. The molecule has 1 aromatic heterocycles. The van der Waals surface area contributed by atoms with Gasteiger partial charge in [-0.25, -0.2) is 22.7 Å². The largest absolute Gasteiger partial charge is 0.463 e. The van der Waals surface area contributed by atoms with Crippen LogP contribution in [0.2, 0.25) is 0 Å². The van der Waals surface area contributed by atoms with E-state index in [9.17, 15) is 13.2 Å². The molecule has 2 aliphatic rings. The standard InChI is InChI=1S/C21H22N6O4S/c1-3-9-31-18-12-23-17(11-24-18)19(28)25-15-7-6-14-5-4-8-21(16(14)10-15)13-32(29,30)27(2)20(22)26-21/h1,6-7,10-12H,4-5,8-9,13H2,2H3,(H2,22,26)(H,25,28)/t21-/m0/s1. The van der Waals surface area contributed by atoms with Gasteiger partial charge in [-0.2, -0.15) is 0 Å². The van der Waals surface area contributed by atoms with E-state index < -0.39 is 21.5 Å². The van der Waals surface area contributed by atoms with Crippen LogP contribution >= 0.6 is 0 Å². The normalized spacial score (nSPS) is 21.2. The van der Waals surface area contributed by atoms with Crippen LogP contribution in [0.25, 0.3) is 0 Å². The number of rotatable bonds is 4. The lowest BCUT2D eigenvalue weighted by molar-refractivity contribution is 0.102. The van der Waals surface area contributed by atoms with Crippen LogP contribution < -0.4 is 15.4 Å². The van der Waals surface area contributed by atoms with Crippen molar-refractivity contribution < 1.29 is 17.9 Å². The topological polar surface area (TPSA) is 137 Å². The maximum Gasteiger partial charge on any atom is 0.275 e. The number of guanidine groups is 1. The minimum Gasteiger partial charge on any atom is -0.463 e. The van der Waals surface area contributed by atoms with E-state index in [1.165, 1.54) is 19.4 Å². The highest BCUT2D eigenvalue weighted by atomic mass is 32.2. The first-order valence-electron chi connectivity index (χ1n) is 9.90. The van der Waals surface area contributed by atoms with Crippen LogP contribution in [-0.4, -0.2) is 54.0 Å². The summed E-state index contributed by atoms with van der Waals surface area (Å²) in [5.74, 6) is 1.74. The Hall–Kier alpha value is -3.65. The molecular formula is C21H22N6O4S. The average molecular weight is 455 g/mol. The molecule has 1 aliphatic heterocycles. The zero-order valence-corrected chi connectivity index (χ0v) is 18.2. The highest BCUT2D eigenvalue weighted by Crippen LogP contribution is 2.40. The van der Waals surface area contributed by atoms with Crippen molar-refractivity contribution in [3.05, 3.63) is 47.4 Å². The van der Waals surface area contributed by atoms with Crippen LogP contribution in [0.15, 0.2) is 30.6 Å². The molecule has 2 heterocycles. The van der Waals surface area contributed by atoms with Gasteiger partial charge in [0.2, 0.25) is 21.9 Å². The molecule has 166 valence electrons. The maximum absolute atomic E-state index is 12.7. The Morgan fingerprint density at radius 3 is 2.91 bits per heavy atom. The Morgan fingerprint density at radius 2 is 2.22 bits per heavy atom. The van der Waals surface area contributed by atoms with Gasteiger partial charge < -0.3 is 15.4 Å². The minimum atomic E-state index is -3.63. The lowest BCUT2D eigenvalue weighted by atomic mass is 9.77. The van der Waals surface area contributed by atoms with Crippen molar-refractivity contribution in [1.82, 2.24) is 19.6 Å². The number of terminal acetylenes is 1. The third-order valence-electron chi connectivity index (χ3n) is 5.62. The molecule has 0 bridgehead atoms. The smallest absolute Gasteiger partial charge is 0.275 e. The molecule has 1 fully saturated rings. The highest BCUT2D eigenvalue weighted by Gasteiger charge is 2.47. The fraction of sp³-hybridized carbons (Fsp3) is 0.333. The summed E-state index contributed by atoms with van der Waals surface area (Å²) in [7, 11) is -2.27. The third-order valence-corrected chi connectivity index (χ3v) is 7.49. The monoisotopic (exact) mass is 454 g/mol. The molecule has 11 heteroatoms. The molecule has 1 amide bonds. The van der Waals surface area contributed by atoms with E-state index in [0.717, 1.165) is 28.3 Å². The molecule has 2 aromatic rings. The van der Waals surface area contributed by atoms with E-state index in [1.54, 1.807) is 12.1 Å². The molecule has 4 rings (SSSR count). The van der Waals surface area contributed by atoms with Gasteiger partial charge in [-0.05, 0) is 42.5 Å². The summed E-state index contributed by atoms with van der Waals surface area (Å²) in [6.45, 7) is 0.0497. The molecule has 1 aliphatic carbocycles. The number of aromatic nitrogens is 2. The lowest BCUT2D eigenvalue weighted by Gasteiger charge is -2.45. The predicted octanol–water partition coefficient (Wildman–Crippen LogP) is 1.07. The molecule has 1 spiro atoms. The van der Waals surface area contributed by atoms with E-state index in [2.05, 4.69) is 26.5 Å². The summed E-state index contributed by atoms with van der Waals surface area (Å²) in [6.07, 6.45) is 9.88. The van der Waals surface area contributed by atoms with Gasteiger partial charge in [0.1, 0.15) is 5.69 Å². The molecule has 32 heavy (non-hydrogen) atoms. The Kier molecular flexibility index (Phi) is 5.48. The number of sulfonamides is 1. The van der Waals surface area contributed by atoms with Gasteiger partial charge in [0.15, 0.2) is 6.61 Å². The number of hydrogen-bond donors (Lipinski definition) is 3. The molecule has 3 N–H and O–H groups in total. The number of aryl methyl sites for hydroxylation is 1. The molecule has 0 radical (unpaired) electrons. The first-order chi connectivity index (χ1) is 15.2. The van der Waals surface area contributed by atoms with Crippen LogP contribution in [0.3, 0.4) is 0 Å². The van der Waals surface area contributed by atoms with Crippen molar-refractivity contribution >= 4 is 27.6 Å². The number of nitrogens with zero attached hydrogens (tertiary/aromatic N) is 3. The fourth-order valence-electron chi connectivity index (χ4n) is 4.02. The number of carbonyl (C=O) groups excluding carboxylic acids is 1. The molecule has 10 nitrogen and oxygen atoms in total. The summed E-state index contributed by atoms with van der Waals surface area (Å²) in [6, 6.07) is 5.41. The van der Waals surface area contributed by atoms with Gasteiger partial charge in [0, 0.05) is 12.7 Å². The van der Waals surface area contributed by atoms with Crippen LogP contribution in [0.5, 0.6) is 5.88 Å². The summed E-state index contributed by atoms with van der Waals surface area (Å²) >= 11 is 0. The van der Waals surface area contributed by atoms with Crippen molar-refractivity contribution in [2.45, 2.75) is 24.8 Å². The van der Waals surface area contributed by atoms with Gasteiger partial charge >= 0.3 is 0 Å². The number of amides is 1. The molecule has 0 unspecified atom stereocenters. The first kappa shape index (κ1) is 21.6. The second kappa shape index (κ2) is 8.12. The Morgan fingerprint density at radius 1 is 1.41 bits per heavy atom. The zero-order chi connectivity index (χ0) is 22.9. The molecular weight excluding hydrogens is 432 g/mol. The first-order valence-corrected chi connectivity index (χ1v) is 11.5. The van der Waals surface area contributed by atoms with Crippen molar-refractivity contribution in [3.63, 3.8) is 0 Å². The Labute approximate surface area is 186 Å². The number of carbonyl (C=O) groups is 1. The molecule has 1 saturated heterocycles. The maximum atomic E-state index is 12.7. The summed E-state index contributed by atoms with van der Waals surface area (Å²) in [4.78, 5) is 20.7. The van der Waals surface area contributed by atoms with Gasteiger partial charge in [0.05, 0.1) is 23.7 Å². The third kappa shape index (κ3) is 3.97. The predicted molar refractivity (Wildman–Crippen MR) is 118 cm³/mol. The van der Waals surface area contributed by atoms with Crippen LogP contribution in [-0.2, 0) is 22.0 Å². The van der Waals surface area contributed by atoms with E-state index >= 15 is 0 Å². The van der Waals surface area contributed by atoms with E-state index in [4.69, 9.17) is 16.6 Å². The van der Waals surface area contributed by atoms with Crippen LogP contribution in [0, 0.1) is 17.8 Å². The highest BCUT2D eigenvalue weighted by molar-refractivity contribution is 7.89. The second-order valence-corrected chi connectivity index (χ2v) is 9.69. The summed E-state index contributed by atoms with van der Waals surface area (Å²) < 4.78 is 31.4. The fourth-order valence-corrected chi connectivity index (χ4v) is 5.53. The second-order valence-electron chi connectivity index (χ2n) is 7.69. The van der Waals surface area contributed by atoms with E-state index in [-0.39, 0.29) is 29.9 Å². The van der Waals surface area contributed by atoms with Crippen molar-refractivity contribution in [1.29, 1.82) is 5.41 Å². The summed E-state index contributed by atoms with van der Waals surface area (Å²) in [5.41, 5.74) is 1.43. The van der Waals surface area contributed by atoms with Crippen molar-refractivity contribution in [3.8, 4) is 18.2 Å². The quantitative estimate of drug-likeness (QED) is 0.588. The Bertz CT molecular complexity index is 1220. The zero-order valence-electron chi connectivity index (χ0n) is 17.4. The Balaban J connectivity index is 1.59. The SMILES string of the molecule is C#CCOc1cnc(C(=O)Nc2ccc3c(c2)[C@]2(CCC3)CS(=O)(=O)N(C)C(=N)N2)cn1. The van der Waals surface area contributed by atoms with E-state index in [0.29, 0.717) is 12.1 Å². The molecule has 1 atom stereocenters. The van der Waals surface area contributed by atoms with Crippen LogP contribution in [0.1, 0.15) is 34.5 Å². The number of nitrogens with one attached hydrogen (secondary N) is 3.